The van der Waals surface area contributed by atoms with Gasteiger partial charge in [-0.15, -0.1) is 0 Å². The number of hydrogen-bond acceptors (Lipinski definition) is 5. The van der Waals surface area contributed by atoms with Gasteiger partial charge in [-0.2, -0.15) is 0 Å². The third-order valence-corrected chi connectivity index (χ3v) is 6.05. The number of ether oxygens (including phenoxy) is 2. The maximum atomic E-state index is 13.0. The van der Waals surface area contributed by atoms with Gasteiger partial charge in [0.2, 0.25) is 0 Å². The molecule has 4 rings (SSSR count). The van der Waals surface area contributed by atoms with Gasteiger partial charge in [0.25, 0.3) is 17.7 Å². The third-order valence-electron chi connectivity index (χ3n) is 6.05. The molecule has 0 bridgehead atoms. The van der Waals surface area contributed by atoms with E-state index in [1.54, 1.807) is 44.6 Å². The monoisotopic (exact) mass is 422 g/mol. The van der Waals surface area contributed by atoms with Crippen LogP contribution in [0.2, 0.25) is 0 Å². The smallest absolute Gasteiger partial charge is 0.261 e. The molecule has 1 fully saturated rings. The van der Waals surface area contributed by atoms with E-state index in [-0.39, 0.29) is 30.3 Å². The fourth-order valence-electron chi connectivity index (χ4n) is 4.37. The Balaban J connectivity index is 1.50. The number of fused-ring (bicyclic) bond motifs is 1. The molecule has 0 radical (unpaired) electrons. The molecule has 162 valence electrons. The Morgan fingerprint density at radius 2 is 1.71 bits per heavy atom. The van der Waals surface area contributed by atoms with Gasteiger partial charge in [-0.1, -0.05) is 19.3 Å². The molecule has 2 aromatic carbocycles. The van der Waals surface area contributed by atoms with Crippen molar-refractivity contribution in [3.63, 3.8) is 0 Å². The normalized spacial score (nSPS) is 16.3. The molecule has 0 saturated heterocycles. The Labute approximate surface area is 181 Å². The number of carbonyl (C=O) groups excluding carboxylic acids is 3. The van der Waals surface area contributed by atoms with E-state index < -0.39 is 0 Å². The quantitative estimate of drug-likeness (QED) is 0.720. The first-order chi connectivity index (χ1) is 15.0. The highest BCUT2D eigenvalue weighted by Gasteiger charge is 2.40. The summed E-state index contributed by atoms with van der Waals surface area (Å²) in [7, 11) is 3.14. The van der Waals surface area contributed by atoms with Gasteiger partial charge in [0.05, 0.1) is 25.3 Å². The summed E-state index contributed by atoms with van der Waals surface area (Å²) in [6.07, 6.45) is 4.89. The lowest BCUT2D eigenvalue weighted by Gasteiger charge is -2.29. The van der Waals surface area contributed by atoms with Crippen LogP contribution < -0.4 is 14.8 Å². The second kappa shape index (κ2) is 8.79. The molecule has 1 aliphatic carbocycles. The van der Waals surface area contributed by atoms with E-state index in [1.807, 2.05) is 0 Å². The van der Waals surface area contributed by atoms with Crippen molar-refractivity contribution < 1.29 is 23.9 Å². The topological polar surface area (TPSA) is 84.9 Å². The van der Waals surface area contributed by atoms with Crippen LogP contribution in [0.1, 0.15) is 68.7 Å². The van der Waals surface area contributed by atoms with Gasteiger partial charge in [0, 0.05) is 23.7 Å². The fraction of sp³-hybridized carbons (Fsp3) is 0.375. The summed E-state index contributed by atoms with van der Waals surface area (Å²) < 4.78 is 10.6. The Morgan fingerprint density at radius 1 is 0.968 bits per heavy atom. The Kier molecular flexibility index (Phi) is 5.93. The molecule has 2 aliphatic rings. The number of hydrogen-bond donors (Lipinski definition) is 1. The first-order valence-corrected chi connectivity index (χ1v) is 10.5. The molecular formula is C24H26N2O5. The minimum absolute atomic E-state index is 0.0426. The molecule has 0 aromatic heterocycles. The van der Waals surface area contributed by atoms with Crippen molar-refractivity contribution in [1.29, 1.82) is 0 Å². The lowest BCUT2D eigenvalue weighted by Crippen LogP contribution is -2.40. The van der Waals surface area contributed by atoms with Crippen molar-refractivity contribution in [1.82, 2.24) is 10.2 Å². The molecule has 7 nitrogen and oxygen atoms in total. The number of carbonyl (C=O) groups is 3. The van der Waals surface area contributed by atoms with Gasteiger partial charge in [-0.3, -0.25) is 19.3 Å². The molecule has 1 aliphatic heterocycles. The zero-order valence-electron chi connectivity index (χ0n) is 17.8. The van der Waals surface area contributed by atoms with Crippen LogP contribution in [0.5, 0.6) is 11.5 Å². The summed E-state index contributed by atoms with van der Waals surface area (Å²) >= 11 is 0. The molecule has 0 unspecified atom stereocenters. The van der Waals surface area contributed by atoms with E-state index in [0.29, 0.717) is 28.2 Å². The van der Waals surface area contributed by atoms with Gasteiger partial charge < -0.3 is 14.8 Å². The molecule has 1 N–H and O–H groups in total. The van der Waals surface area contributed by atoms with Crippen LogP contribution in [-0.4, -0.2) is 42.9 Å². The maximum absolute atomic E-state index is 13.0. The van der Waals surface area contributed by atoms with Crippen molar-refractivity contribution >= 4 is 17.7 Å². The summed E-state index contributed by atoms with van der Waals surface area (Å²) in [6.45, 7) is 0.233. The highest BCUT2D eigenvalue weighted by Crippen LogP contribution is 2.31. The van der Waals surface area contributed by atoms with Crippen molar-refractivity contribution in [3.05, 3.63) is 58.7 Å². The average molecular weight is 422 g/mol. The molecule has 0 atom stereocenters. The largest absolute Gasteiger partial charge is 0.497 e. The zero-order valence-corrected chi connectivity index (χ0v) is 17.8. The zero-order chi connectivity index (χ0) is 22.0. The molecule has 0 spiro atoms. The molecule has 1 heterocycles. The third kappa shape index (κ3) is 4.00. The molecule has 7 heteroatoms. The van der Waals surface area contributed by atoms with Gasteiger partial charge in [0.1, 0.15) is 11.5 Å². The van der Waals surface area contributed by atoms with Gasteiger partial charge >= 0.3 is 0 Å². The first kappa shape index (κ1) is 20.9. The first-order valence-electron chi connectivity index (χ1n) is 10.5. The summed E-state index contributed by atoms with van der Waals surface area (Å²) in [6, 6.07) is 10.0. The molecular weight excluding hydrogens is 396 g/mol. The minimum atomic E-state index is -0.330. The Bertz CT molecular complexity index is 1030. The minimum Gasteiger partial charge on any atom is -0.497 e. The number of benzene rings is 2. The molecule has 2 aromatic rings. The number of nitrogens with zero attached hydrogens (tertiary/aromatic N) is 1. The van der Waals surface area contributed by atoms with Crippen molar-refractivity contribution in [2.45, 2.75) is 44.7 Å². The number of methoxy groups -OCH3 is 2. The van der Waals surface area contributed by atoms with Crippen LogP contribution >= 0.6 is 0 Å². The van der Waals surface area contributed by atoms with E-state index in [4.69, 9.17) is 9.47 Å². The number of imide groups is 1. The van der Waals surface area contributed by atoms with Crippen LogP contribution in [0.15, 0.2) is 36.4 Å². The standard InChI is InChI=1S/C24H26N2O5/c1-30-18-9-11-21(31-2)16(12-18)14-25-22(27)15-8-10-19-20(13-15)24(29)26(23(19)28)17-6-4-3-5-7-17/h8-13,17H,3-7,14H2,1-2H3,(H,25,27). The Morgan fingerprint density at radius 3 is 2.42 bits per heavy atom. The summed E-state index contributed by atoms with van der Waals surface area (Å²) in [4.78, 5) is 39.9. The highest BCUT2D eigenvalue weighted by atomic mass is 16.5. The number of amides is 3. The van der Waals surface area contributed by atoms with Gasteiger partial charge in [0.15, 0.2) is 0 Å². The molecule has 1 saturated carbocycles. The van der Waals surface area contributed by atoms with Crippen LogP contribution in [-0.2, 0) is 6.54 Å². The van der Waals surface area contributed by atoms with E-state index >= 15 is 0 Å². The molecule has 31 heavy (non-hydrogen) atoms. The number of rotatable bonds is 6. The lowest BCUT2D eigenvalue weighted by atomic mass is 9.94. The van der Waals surface area contributed by atoms with Crippen molar-refractivity contribution in [2.75, 3.05) is 14.2 Å². The van der Waals surface area contributed by atoms with Crippen LogP contribution in [0.25, 0.3) is 0 Å². The Hall–Kier alpha value is -3.35. The lowest BCUT2D eigenvalue weighted by molar-refractivity contribution is 0.0548. The summed E-state index contributed by atoms with van der Waals surface area (Å²) in [5.41, 5.74) is 1.79. The fourth-order valence-corrected chi connectivity index (χ4v) is 4.37. The predicted octanol–water partition coefficient (Wildman–Crippen LogP) is 3.56. The summed E-state index contributed by atoms with van der Waals surface area (Å²) in [5.74, 6) is 0.425. The van der Waals surface area contributed by atoms with Crippen molar-refractivity contribution in [2.24, 2.45) is 0 Å². The van der Waals surface area contributed by atoms with E-state index in [0.717, 1.165) is 37.7 Å². The van der Waals surface area contributed by atoms with Crippen molar-refractivity contribution in [3.8, 4) is 11.5 Å². The van der Waals surface area contributed by atoms with E-state index in [2.05, 4.69) is 5.32 Å². The number of nitrogens with one attached hydrogen (secondary N) is 1. The molecule has 3 amide bonds. The predicted molar refractivity (Wildman–Crippen MR) is 115 cm³/mol. The van der Waals surface area contributed by atoms with Gasteiger partial charge in [-0.25, -0.2) is 0 Å². The second-order valence-electron chi connectivity index (χ2n) is 7.89. The summed E-state index contributed by atoms with van der Waals surface area (Å²) in [5, 5.41) is 2.85. The SMILES string of the molecule is COc1ccc(OC)c(CNC(=O)c2ccc3c(c2)C(=O)N(C2CCCCC2)C3=O)c1. The highest BCUT2D eigenvalue weighted by molar-refractivity contribution is 6.22. The van der Waals surface area contributed by atoms with Crippen LogP contribution in [0.3, 0.4) is 0 Å². The van der Waals surface area contributed by atoms with E-state index in [9.17, 15) is 14.4 Å². The van der Waals surface area contributed by atoms with E-state index in [1.165, 1.54) is 11.0 Å². The van der Waals surface area contributed by atoms with Crippen LogP contribution in [0, 0.1) is 0 Å². The average Bonchev–Trinajstić information content (AvgIpc) is 3.07. The second-order valence-corrected chi connectivity index (χ2v) is 7.89. The van der Waals surface area contributed by atoms with Crippen LogP contribution in [0.4, 0.5) is 0 Å². The van der Waals surface area contributed by atoms with Gasteiger partial charge in [-0.05, 0) is 49.2 Å². The maximum Gasteiger partial charge on any atom is 0.261 e.